The molecule has 1 atom stereocenters. The van der Waals surface area contributed by atoms with E-state index in [0.717, 1.165) is 27.6 Å². The lowest BCUT2D eigenvalue weighted by Crippen LogP contribution is -2.03. The summed E-state index contributed by atoms with van der Waals surface area (Å²) in [6.45, 7) is 5.88. The van der Waals surface area contributed by atoms with E-state index in [0.29, 0.717) is 5.69 Å². The molecule has 1 aromatic heterocycles. The molecule has 1 unspecified atom stereocenters. The first-order valence-electron chi connectivity index (χ1n) is 6.78. The van der Waals surface area contributed by atoms with Gasteiger partial charge in [0.25, 0.3) is 0 Å². The van der Waals surface area contributed by atoms with Crippen LogP contribution < -0.4 is 5.73 Å². The van der Waals surface area contributed by atoms with Crippen molar-refractivity contribution in [3.05, 3.63) is 77.4 Å². The van der Waals surface area contributed by atoms with Crippen LogP contribution in [0.2, 0.25) is 0 Å². The first-order chi connectivity index (χ1) is 10.1. The summed E-state index contributed by atoms with van der Waals surface area (Å²) >= 11 is 1.64. The van der Waals surface area contributed by atoms with E-state index >= 15 is 0 Å². The number of hydrogen-bond donors (Lipinski definition) is 2. The minimum absolute atomic E-state index is 0.668. The lowest BCUT2D eigenvalue weighted by atomic mass is 9.96. The van der Waals surface area contributed by atoms with Crippen LogP contribution in [0.1, 0.15) is 28.4 Å². The molecule has 2 aromatic carbocycles. The first-order valence-corrected chi connectivity index (χ1v) is 7.66. The number of thiophene rings is 1. The highest BCUT2D eigenvalue weighted by atomic mass is 32.1. The highest BCUT2D eigenvalue weighted by molar-refractivity contribution is 7.17. The van der Waals surface area contributed by atoms with Gasteiger partial charge in [-0.3, -0.25) is 0 Å². The average molecular weight is 295 g/mol. The van der Waals surface area contributed by atoms with Gasteiger partial charge in [0, 0.05) is 16.8 Å². The molecule has 0 aliphatic rings. The fourth-order valence-corrected chi connectivity index (χ4v) is 3.42. The van der Waals surface area contributed by atoms with Crippen molar-refractivity contribution in [2.45, 2.75) is 13.0 Å². The van der Waals surface area contributed by atoms with E-state index in [-0.39, 0.29) is 0 Å². The third-order valence-electron chi connectivity index (χ3n) is 3.83. The number of rotatable bonds is 3. The number of fused-ring (bicyclic) bond motifs is 1. The highest BCUT2D eigenvalue weighted by Crippen LogP contribution is 2.34. The minimum atomic E-state index is -0.668. The van der Waals surface area contributed by atoms with Crippen LogP contribution in [-0.2, 0) is 0 Å². The van der Waals surface area contributed by atoms with Crippen molar-refractivity contribution in [3.8, 4) is 0 Å². The summed E-state index contributed by atoms with van der Waals surface area (Å²) in [6.07, 6.45) is 1.13. The molecule has 2 radical (unpaired) electrons. The van der Waals surface area contributed by atoms with Crippen LogP contribution >= 0.6 is 11.3 Å². The van der Waals surface area contributed by atoms with E-state index in [2.05, 4.69) is 13.0 Å². The summed E-state index contributed by atoms with van der Waals surface area (Å²) < 4.78 is 1.18. The largest absolute Gasteiger partial charge is 0.398 e. The van der Waals surface area contributed by atoms with E-state index in [9.17, 15) is 5.11 Å². The number of nitrogen functional groups attached to an aromatic ring is 1. The second-order valence-corrected chi connectivity index (χ2v) is 6.06. The molecule has 0 amide bonds. The number of aliphatic hydroxyl groups excluding tert-OH is 1. The van der Waals surface area contributed by atoms with Gasteiger partial charge in [-0.05, 0) is 52.9 Å². The van der Waals surface area contributed by atoms with E-state index in [1.807, 2.05) is 42.6 Å². The number of aliphatic hydroxyl groups is 1. The van der Waals surface area contributed by atoms with Crippen LogP contribution in [0.4, 0.5) is 5.69 Å². The lowest BCUT2D eigenvalue weighted by molar-refractivity contribution is 0.217. The van der Waals surface area contributed by atoms with Crippen molar-refractivity contribution < 1.29 is 5.11 Å². The van der Waals surface area contributed by atoms with Crippen LogP contribution in [0.3, 0.4) is 0 Å². The molecule has 3 heteroatoms. The molecular weight excluding hydrogens is 278 g/mol. The van der Waals surface area contributed by atoms with Gasteiger partial charge >= 0.3 is 0 Å². The molecule has 0 aliphatic heterocycles. The third-order valence-corrected chi connectivity index (χ3v) is 4.81. The quantitative estimate of drug-likeness (QED) is 0.709. The van der Waals surface area contributed by atoms with Gasteiger partial charge in [-0.15, -0.1) is 11.3 Å². The van der Waals surface area contributed by atoms with Gasteiger partial charge in [-0.25, -0.2) is 0 Å². The van der Waals surface area contributed by atoms with E-state index in [1.54, 1.807) is 17.8 Å². The number of hydrogen-bond acceptors (Lipinski definition) is 3. The molecule has 21 heavy (non-hydrogen) atoms. The molecule has 3 rings (SSSR count). The molecule has 3 aromatic rings. The normalized spacial score (nSPS) is 12.7. The molecule has 0 spiro atoms. The van der Waals surface area contributed by atoms with Crippen LogP contribution in [-0.4, -0.2) is 5.11 Å². The van der Waals surface area contributed by atoms with Crippen molar-refractivity contribution in [2.24, 2.45) is 0 Å². The number of benzene rings is 2. The van der Waals surface area contributed by atoms with E-state index in [1.165, 1.54) is 4.70 Å². The van der Waals surface area contributed by atoms with Crippen LogP contribution in [0, 0.1) is 20.3 Å². The summed E-state index contributed by atoms with van der Waals surface area (Å²) in [7, 11) is 0. The van der Waals surface area contributed by atoms with E-state index in [4.69, 9.17) is 5.73 Å². The Balaban J connectivity index is 1.93. The Labute approximate surface area is 128 Å². The Kier molecular flexibility index (Phi) is 3.70. The zero-order valence-electron chi connectivity index (χ0n) is 11.8. The standard InChI is InChI=1S/C18H17NOS/c1-11-7-8-13(18(19)12(11)2)9-16(20)15-10-21-17-6-4-3-5-14(15)17/h3-10,16,20H,1,19H2,2H3. The predicted molar refractivity (Wildman–Crippen MR) is 90.2 cm³/mol. The molecule has 1 heterocycles. The SMILES string of the molecule is [CH2]c1ccc([CH]C(O)c2csc3ccccc23)c(N)c1C. The van der Waals surface area contributed by atoms with Gasteiger partial charge in [-0.1, -0.05) is 30.3 Å². The first kappa shape index (κ1) is 14.1. The maximum absolute atomic E-state index is 10.5. The summed E-state index contributed by atoms with van der Waals surface area (Å²) in [5.74, 6) is 0. The lowest BCUT2D eigenvalue weighted by Gasteiger charge is -2.14. The second-order valence-electron chi connectivity index (χ2n) is 5.15. The monoisotopic (exact) mass is 295 g/mol. The van der Waals surface area contributed by atoms with Crippen molar-refractivity contribution in [3.63, 3.8) is 0 Å². The topological polar surface area (TPSA) is 46.2 Å². The van der Waals surface area contributed by atoms with Crippen molar-refractivity contribution in [1.29, 1.82) is 0 Å². The molecule has 3 N–H and O–H groups in total. The molecule has 106 valence electrons. The second kappa shape index (κ2) is 5.51. The summed E-state index contributed by atoms with van der Waals surface area (Å²) in [5, 5.41) is 13.6. The maximum Gasteiger partial charge on any atom is 0.0880 e. The zero-order valence-corrected chi connectivity index (χ0v) is 12.7. The van der Waals surface area contributed by atoms with Crippen molar-refractivity contribution in [2.75, 3.05) is 5.73 Å². The molecule has 2 nitrogen and oxygen atoms in total. The minimum Gasteiger partial charge on any atom is -0.398 e. The Hall–Kier alpha value is -1.84. The Morgan fingerprint density at radius 1 is 1.24 bits per heavy atom. The van der Waals surface area contributed by atoms with Crippen LogP contribution in [0.25, 0.3) is 10.1 Å². The molecule has 0 saturated carbocycles. The van der Waals surface area contributed by atoms with Gasteiger partial charge in [-0.2, -0.15) is 0 Å². The van der Waals surface area contributed by atoms with Gasteiger partial charge < -0.3 is 10.8 Å². The Bertz CT molecular complexity index is 791. The van der Waals surface area contributed by atoms with Gasteiger partial charge in [0.1, 0.15) is 0 Å². The maximum atomic E-state index is 10.5. The predicted octanol–water partition coefficient (Wildman–Crippen LogP) is 4.26. The smallest absolute Gasteiger partial charge is 0.0880 e. The number of nitrogens with two attached hydrogens (primary N) is 1. The van der Waals surface area contributed by atoms with Crippen LogP contribution in [0.5, 0.6) is 0 Å². The molecule has 0 fully saturated rings. The van der Waals surface area contributed by atoms with Crippen molar-refractivity contribution >= 4 is 27.1 Å². The summed E-state index contributed by atoms with van der Waals surface area (Å²) in [4.78, 5) is 0. The molecule has 0 bridgehead atoms. The molecule has 0 aliphatic carbocycles. The fraction of sp³-hybridized carbons (Fsp3) is 0.111. The number of anilines is 1. The van der Waals surface area contributed by atoms with Gasteiger partial charge in [0.15, 0.2) is 0 Å². The highest BCUT2D eigenvalue weighted by Gasteiger charge is 2.16. The van der Waals surface area contributed by atoms with Crippen LogP contribution in [0.15, 0.2) is 41.8 Å². The van der Waals surface area contributed by atoms with Gasteiger partial charge in [0.2, 0.25) is 0 Å². The summed E-state index contributed by atoms with van der Waals surface area (Å²) in [6, 6.07) is 11.9. The van der Waals surface area contributed by atoms with E-state index < -0.39 is 6.10 Å². The van der Waals surface area contributed by atoms with Crippen molar-refractivity contribution in [1.82, 2.24) is 0 Å². The summed E-state index contributed by atoms with van der Waals surface area (Å²) in [5.41, 5.74) is 10.5. The Morgan fingerprint density at radius 2 is 2.00 bits per heavy atom. The fourth-order valence-electron chi connectivity index (χ4n) is 2.43. The zero-order chi connectivity index (χ0) is 15.0. The Morgan fingerprint density at radius 3 is 2.81 bits per heavy atom. The van der Waals surface area contributed by atoms with Gasteiger partial charge in [0.05, 0.1) is 6.10 Å². The average Bonchev–Trinajstić information content (AvgIpc) is 2.92. The molecular formula is C18H17NOS. The molecule has 0 saturated heterocycles. The third kappa shape index (κ3) is 2.55.